The number of hydrogen-bond donors (Lipinski definition) is 0. The Balaban J connectivity index is 1.82. The van der Waals surface area contributed by atoms with Gasteiger partial charge in [-0.3, -0.25) is 9.59 Å². The van der Waals surface area contributed by atoms with Gasteiger partial charge in [0.2, 0.25) is 5.91 Å². The molecule has 1 atom stereocenters. The summed E-state index contributed by atoms with van der Waals surface area (Å²) in [6, 6.07) is 15.1. The van der Waals surface area contributed by atoms with Crippen molar-refractivity contribution in [3.05, 3.63) is 64.7 Å². The highest BCUT2D eigenvalue weighted by Gasteiger charge is 2.26. The smallest absolute Gasteiger partial charge is 0.257 e. The summed E-state index contributed by atoms with van der Waals surface area (Å²) >= 11 is 6.33. The number of aryl methyl sites for hydroxylation is 1. The van der Waals surface area contributed by atoms with Crippen LogP contribution in [0.1, 0.15) is 68.3 Å². The molecule has 190 valence electrons. The van der Waals surface area contributed by atoms with E-state index in [0.29, 0.717) is 48.2 Å². The third-order valence-electron chi connectivity index (χ3n) is 6.61. The SMILES string of the molecule is CC(C)C[C@H]1COc2ccccc2C(=O)N(C)CCCCCCN1C(=O)CCc1ccccc1Cl. The number of ether oxygens (including phenoxy) is 1. The average Bonchev–Trinajstić information content (AvgIpc) is 2.84. The maximum atomic E-state index is 13.5. The van der Waals surface area contributed by atoms with Crippen molar-refractivity contribution in [2.45, 2.75) is 64.8 Å². The van der Waals surface area contributed by atoms with Crippen LogP contribution in [0.4, 0.5) is 0 Å². The van der Waals surface area contributed by atoms with Gasteiger partial charge >= 0.3 is 0 Å². The highest BCUT2D eigenvalue weighted by atomic mass is 35.5. The molecule has 3 rings (SSSR count). The van der Waals surface area contributed by atoms with Gasteiger partial charge in [-0.05, 0) is 55.4 Å². The second kappa shape index (κ2) is 13.5. The number of amides is 2. The van der Waals surface area contributed by atoms with Gasteiger partial charge in [0.25, 0.3) is 5.91 Å². The third-order valence-corrected chi connectivity index (χ3v) is 6.98. The van der Waals surface area contributed by atoms with Gasteiger partial charge in [0.05, 0.1) is 11.6 Å². The van der Waals surface area contributed by atoms with Crippen molar-refractivity contribution in [2.75, 3.05) is 26.7 Å². The molecule has 0 aromatic heterocycles. The first-order valence-electron chi connectivity index (χ1n) is 12.9. The van der Waals surface area contributed by atoms with Gasteiger partial charge in [0, 0.05) is 31.6 Å². The van der Waals surface area contributed by atoms with Crippen molar-refractivity contribution in [3.8, 4) is 5.75 Å². The van der Waals surface area contributed by atoms with Crippen LogP contribution in [0.3, 0.4) is 0 Å². The van der Waals surface area contributed by atoms with E-state index >= 15 is 0 Å². The summed E-state index contributed by atoms with van der Waals surface area (Å²) in [5, 5.41) is 0.703. The predicted molar refractivity (Wildman–Crippen MR) is 142 cm³/mol. The Morgan fingerprint density at radius 3 is 2.46 bits per heavy atom. The zero-order chi connectivity index (χ0) is 25.2. The van der Waals surface area contributed by atoms with Crippen LogP contribution >= 0.6 is 11.6 Å². The van der Waals surface area contributed by atoms with E-state index in [1.54, 1.807) is 4.90 Å². The lowest BCUT2D eigenvalue weighted by atomic mass is 10.0. The number of fused-ring (bicyclic) bond motifs is 1. The Kier molecular flexibility index (Phi) is 10.5. The maximum absolute atomic E-state index is 13.5. The molecule has 2 aromatic rings. The number of benzene rings is 2. The summed E-state index contributed by atoms with van der Waals surface area (Å²) in [6.07, 6.45) is 5.83. The molecule has 1 heterocycles. The van der Waals surface area contributed by atoms with Crippen molar-refractivity contribution in [1.82, 2.24) is 9.80 Å². The van der Waals surface area contributed by atoms with E-state index in [2.05, 4.69) is 13.8 Å². The quantitative estimate of drug-likeness (QED) is 0.490. The highest BCUT2D eigenvalue weighted by molar-refractivity contribution is 6.31. The Morgan fingerprint density at radius 1 is 1.03 bits per heavy atom. The Hall–Kier alpha value is -2.53. The molecule has 0 saturated carbocycles. The molecule has 0 fully saturated rings. The maximum Gasteiger partial charge on any atom is 0.257 e. The first kappa shape index (κ1) is 27.1. The van der Waals surface area contributed by atoms with Crippen LogP contribution in [0, 0.1) is 5.92 Å². The topological polar surface area (TPSA) is 49.9 Å². The summed E-state index contributed by atoms with van der Waals surface area (Å²) in [7, 11) is 1.85. The molecule has 0 spiro atoms. The highest BCUT2D eigenvalue weighted by Crippen LogP contribution is 2.24. The molecule has 0 unspecified atom stereocenters. The minimum absolute atomic E-state index is 0.0225. The minimum atomic E-state index is -0.0578. The summed E-state index contributed by atoms with van der Waals surface area (Å²) in [5.74, 6) is 1.10. The lowest BCUT2D eigenvalue weighted by Gasteiger charge is -2.34. The zero-order valence-corrected chi connectivity index (χ0v) is 22.1. The number of carbonyl (C=O) groups is 2. The van der Waals surface area contributed by atoms with Crippen molar-refractivity contribution in [1.29, 1.82) is 0 Å². The van der Waals surface area contributed by atoms with Crippen molar-refractivity contribution >= 4 is 23.4 Å². The van der Waals surface area contributed by atoms with Gasteiger partial charge < -0.3 is 14.5 Å². The van der Waals surface area contributed by atoms with E-state index in [4.69, 9.17) is 16.3 Å². The van der Waals surface area contributed by atoms with Crippen LogP contribution in [-0.2, 0) is 11.2 Å². The number of nitrogens with zero attached hydrogens (tertiary/aromatic N) is 2. The standard InChI is InChI=1S/C29H39ClN2O3/c1-22(2)20-24-21-35-27-15-9-7-13-25(27)29(34)31(3)18-10-4-5-11-19-32(24)28(33)17-16-23-12-6-8-14-26(23)30/h6-9,12-15,22,24H,4-5,10-11,16-21H2,1-3H3/t24-/m0/s1. The van der Waals surface area contributed by atoms with Gasteiger partial charge in [-0.25, -0.2) is 0 Å². The molecule has 35 heavy (non-hydrogen) atoms. The van der Waals surface area contributed by atoms with E-state index in [1.807, 2.05) is 60.5 Å². The van der Waals surface area contributed by atoms with Crippen LogP contribution in [0.5, 0.6) is 5.75 Å². The monoisotopic (exact) mass is 498 g/mol. The van der Waals surface area contributed by atoms with Crippen LogP contribution in [0.2, 0.25) is 5.02 Å². The fourth-order valence-corrected chi connectivity index (χ4v) is 4.90. The van der Waals surface area contributed by atoms with Gasteiger partial charge in [-0.2, -0.15) is 0 Å². The van der Waals surface area contributed by atoms with E-state index in [0.717, 1.165) is 44.2 Å². The minimum Gasteiger partial charge on any atom is -0.491 e. The van der Waals surface area contributed by atoms with Crippen molar-refractivity contribution in [2.24, 2.45) is 5.92 Å². The van der Waals surface area contributed by atoms with E-state index < -0.39 is 0 Å². The Labute approximate surface area is 215 Å². The summed E-state index contributed by atoms with van der Waals surface area (Å²) in [4.78, 5) is 30.4. The zero-order valence-electron chi connectivity index (χ0n) is 21.3. The number of rotatable bonds is 5. The summed E-state index contributed by atoms with van der Waals surface area (Å²) < 4.78 is 6.26. The molecule has 1 aliphatic rings. The van der Waals surface area contributed by atoms with Gasteiger partial charge in [-0.15, -0.1) is 0 Å². The first-order valence-corrected chi connectivity index (χ1v) is 13.2. The largest absolute Gasteiger partial charge is 0.491 e. The van der Waals surface area contributed by atoms with Crippen molar-refractivity contribution < 1.29 is 14.3 Å². The van der Waals surface area contributed by atoms with Crippen LogP contribution < -0.4 is 4.74 Å². The molecular weight excluding hydrogens is 460 g/mol. The second-order valence-corrected chi connectivity index (χ2v) is 10.3. The molecule has 1 aliphatic heterocycles. The molecule has 0 bridgehead atoms. The lowest BCUT2D eigenvalue weighted by Crippen LogP contribution is -2.45. The molecule has 2 aromatic carbocycles. The van der Waals surface area contributed by atoms with Crippen LogP contribution in [0.25, 0.3) is 0 Å². The predicted octanol–water partition coefficient (Wildman–Crippen LogP) is 6.24. The first-order chi connectivity index (χ1) is 16.9. The summed E-state index contributed by atoms with van der Waals surface area (Å²) in [5.41, 5.74) is 1.57. The fraction of sp³-hybridized carbons (Fsp3) is 0.517. The Morgan fingerprint density at radius 2 is 1.71 bits per heavy atom. The third kappa shape index (κ3) is 7.99. The number of hydrogen-bond acceptors (Lipinski definition) is 3. The number of halogens is 1. The molecule has 0 saturated heterocycles. The molecule has 0 radical (unpaired) electrons. The molecular formula is C29H39ClN2O3. The average molecular weight is 499 g/mol. The fourth-order valence-electron chi connectivity index (χ4n) is 4.67. The molecule has 6 heteroatoms. The van der Waals surface area contributed by atoms with Gasteiger partial charge in [0.1, 0.15) is 12.4 Å². The molecule has 5 nitrogen and oxygen atoms in total. The van der Waals surface area contributed by atoms with E-state index in [9.17, 15) is 9.59 Å². The molecule has 2 amide bonds. The second-order valence-electron chi connectivity index (χ2n) is 9.91. The van der Waals surface area contributed by atoms with Crippen molar-refractivity contribution in [3.63, 3.8) is 0 Å². The molecule has 0 aliphatic carbocycles. The Bertz CT molecular complexity index is 978. The van der Waals surface area contributed by atoms with Crippen LogP contribution in [0.15, 0.2) is 48.5 Å². The van der Waals surface area contributed by atoms with E-state index in [1.165, 1.54) is 0 Å². The number of para-hydroxylation sites is 1. The normalized spacial score (nSPS) is 18.1. The lowest BCUT2D eigenvalue weighted by molar-refractivity contribution is -0.134. The van der Waals surface area contributed by atoms with Crippen LogP contribution in [-0.4, -0.2) is 54.4 Å². The number of carbonyl (C=O) groups excluding carboxylic acids is 2. The summed E-state index contributed by atoms with van der Waals surface area (Å²) in [6.45, 7) is 6.14. The van der Waals surface area contributed by atoms with Gasteiger partial charge in [0.15, 0.2) is 0 Å². The van der Waals surface area contributed by atoms with Gasteiger partial charge in [-0.1, -0.05) is 68.6 Å². The molecule has 0 N–H and O–H groups in total. The van der Waals surface area contributed by atoms with E-state index in [-0.39, 0.29) is 17.9 Å².